The van der Waals surface area contributed by atoms with Crippen molar-refractivity contribution in [1.29, 1.82) is 0 Å². The van der Waals surface area contributed by atoms with Gasteiger partial charge in [-0.2, -0.15) is 0 Å². The largest absolute Gasteiger partial charge is 0.407 e. The molecule has 1 unspecified atom stereocenters. The molecule has 1 aliphatic carbocycles. The van der Waals surface area contributed by atoms with Crippen molar-refractivity contribution in [2.75, 3.05) is 11.9 Å². The Balaban J connectivity index is 1.55. The molecule has 0 amide bonds. The molecule has 112 valence electrons. The number of hydrogen-bond donors (Lipinski definition) is 2. The molecule has 5 nitrogen and oxygen atoms in total. The number of benzene rings is 1. The summed E-state index contributed by atoms with van der Waals surface area (Å²) >= 11 is 0. The van der Waals surface area contributed by atoms with E-state index in [-0.39, 0.29) is 0 Å². The summed E-state index contributed by atoms with van der Waals surface area (Å²) in [6, 6.07) is 9.54. The van der Waals surface area contributed by atoms with Crippen LogP contribution in [0.1, 0.15) is 36.8 Å². The fraction of sp³-hybridized carbons (Fsp3) is 0.500. The highest BCUT2D eigenvalue weighted by Gasteiger charge is 2.19. The fourth-order valence-corrected chi connectivity index (χ4v) is 2.75. The van der Waals surface area contributed by atoms with E-state index in [1.807, 2.05) is 0 Å². The number of nitrogens with one attached hydrogen (secondary N) is 2. The molecule has 1 aliphatic rings. The van der Waals surface area contributed by atoms with Gasteiger partial charge in [-0.15, -0.1) is 5.10 Å². The molecule has 0 spiro atoms. The van der Waals surface area contributed by atoms with E-state index in [0.717, 1.165) is 32.2 Å². The van der Waals surface area contributed by atoms with Gasteiger partial charge < -0.3 is 15.1 Å². The van der Waals surface area contributed by atoms with Crippen molar-refractivity contribution in [1.82, 2.24) is 15.5 Å². The summed E-state index contributed by atoms with van der Waals surface area (Å²) in [5, 5.41) is 14.8. The lowest BCUT2D eigenvalue weighted by Gasteiger charge is -2.24. The van der Waals surface area contributed by atoms with Gasteiger partial charge in [0.05, 0.1) is 6.54 Å². The lowest BCUT2D eigenvalue weighted by atomic mass is 9.88. The molecule has 0 fully saturated rings. The zero-order valence-corrected chi connectivity index (χ0v) is 12.4. The number of fused-ring (bicyclic) bond motifs is 1. The van der Waals surface area contributed by atoms with Crippen molar-refractivity contribution in [3.8, 4) is 0 Å². The van der Waals surface area contributed by atoms with Gasteiger partial charge in [0, 0.05) is 6.04 Å². The van der Waals surface area contributed by atoms with Crippen molar-refractivity contribution in [2.24, 2.45) is 0 Å². The zero-order valence-electron chi connectivity index (χ0n) is 12.4. The number of aryl methyl sites for hydroxylation is 1. The Bertz CT molecular complexity index is 581. The van der Waals surface area contributed by atoms with Crippen LogP contribution in [-0.2, 0) is 19.4 Å². The number of hydrogen-bond acceptors (Lipinski definition) is 5. The molecule has 1 aromatic heterocycles. The summed E-state index contributed by atoms with van der Waals surface area (Å²) in [6.07, 6.45) is 4.32. The molecule has 2 aromatic rings. The van der Waals surface area contributed by atoms with Crippen LogP contribution in [0.2, 0.25) is 0 Å². The lowest BCUT2D eigenvalue weighted by Crippen LogP contribution is -2.27. The van der Waals surface area contributed by atoms with E-state index in [2.05, 4.69) is 52.0 Å². The summed E-state index contributed by atoms with van der Waals surface area (Å²) in [4.78, 5) is 0. The second-order valence-electron chi connectivity index (χ2n) is 5.53. The topological polar surface area (TPSA) is 63.0 Å². The molecular formula is C16H22N4O. The minimum absolute atomic E-state index is 0.372. The molecule has 0 bridgehead atoms. The molecule has 0 saturated heterocycles. The van der Waals surface area contributed by atoms with E-state index >= 15 is 0 Å². The van der Waals surface area contributed by atoms with E-state index in [4.69, 9.17) is 4.42 Å². The average molecular weight is 286 g/mol. The molecule has 2 N–H and O–H groups in total. The maximum absolute atomic E-state index is 5.63. The predicted molar refractivity (Wildman–Crippen MR) is 82.2 cm³/mol. The van der Waals surface area contributed by atoms with E-state index in [1.54, 1.807) is 0 Å². The van der Waals surface area contributed by atoms with Crippen LogP contribution in [-0.4, -0.2) is 22.8 Å². The van der Waals surface area contributed by atoms with Gasteiger partial charge in [-0.05, 0) is 43.4 Å². The third-order valence-corrected chi connectivity index (χ3v) is 3.84. The first-order valence-corrected chi connectivity index (χ1v) is 7.71. The van der Waals surface area contributed by atoms with Gasteiger partial charge in [0.25, 0.3) is 0 Å². The summed E-state index contributed by atoms with van der Waals surface area (Å²) in [5.74, 6) is 0.641. The molecular weight excluding hydrogens is 264 g/mol. The van der Waals surface area contributed by atoms with E-state index in [1.165, 1.54) is 11.1 Å². The van der Waals surface area contributed by atoms with Crippen LogP contribution in [0, 0.1) is 0 Å². The Morgan fingerprint density at radius 1 is 1.24 bits per heavy atom. The maximum atomic E-state index is 5.63. The molecule has 3 rings (SSSR count). The first kappa shape index (κ1) is 14.1. The number of nitrogens with zero attached hydrogens (tertiary/aromatic N) is 2. The van der Waals surface area contributed by atoms with Crippen molar-refractivity contribution in [3.63, 3.8) is 0 Å². The van der Waals surface area contributed by atoms with Crippen LogP contribution in [0.25, 0.3) is 0 Å². The Hall–Kier alpha value is -1.88. The monoisotopic (exact) mass is 286 g/mol. The first-order chi connectivity index (χ1) is 10.3. The van der Waals surface area contributed by atoms with Gasteiger partial charge in [-0.1, -0.05) is 36.3 Å². The van der Waals surface area contributed by atoms with Crippen molar-refractivity contribution >= 4 is 6.01 Å². The maximum Gasteiger partial charge on any atom is 0.315 e. The van der Waals surface area contributed by atoms with Crippen molar-refractivity contribution in [2.45, 2.75) is 45.2 Å². The molecule has 0 aliphatic heterocycles. The van der Waals surface area contributed by atoms with Crippen LogP contribution >= 0.6 is 0 Å². The SMILES string of the molecule is CCCNCc1nnc(NC2CCc3ccccc3C2)o1. The fourth-order valence-electron chi connectivity index (χ4n) is 2.75. The molecule has 1 atom stereocenters. The quantitative estimate of drug-likeness (QED) is 0.799. The molecule has 0 saturated carbocycles. The van der Waals surface area contributed by atoms with Gasteiger partial charge in [-0.25, -0.2) is 0 Å². The van der Waals surface area contributed by atoms with Crippen LogP contribution in [0.5, 0.6) is 0 Å². The standard InChI is InChI=1S/C16H22N4O/c1-2-9-17-11-15-19-20-16(21-15)18-14-8-7-12-5-3-4-6-13(12)10-14/h3-6,14,17H,2,7-11H2,1H3,(H,18,20). The Kier molecular flexibility index (Phi) is 4.50. The van der Waals surface area contributed by atoms with E-state index in [0.29, 0.717) is 24.5 Å². The first-order valence-electron chi connectivity index (χ1n) is 7.71. The van der Waals surface area contributed by atoms with Crippen LogP contribution in [0.4, 0.5) is 6.01 Å². The summed E-state index contributed by atoms with van der Waals surface area (Å²) < 4.78 is 5.63. The number of anilines is 1. The van der Waals surface area contributed by atoms with Crippen molar-refractivity contribution in [3.05, 3.63) is 41.3 Å². The second-order valence-corrected chi connectivity index (χ2v) is 5.53. The third-order valence-electron chi connectivity index (χ3n) is 3.84. The van der Waals surface area contributed by atoms with Gasteiger partial charge in [0.2, 0.25) is 5.89 Å². The van der Waals surface area contributed by atoms with Gasteiger partial charge >= 0.3 is 6.01 Å². The second kappa shape index (κ2) is 6.72. The molecule has 1 aromatic carbocycles. The average Bonchev–Trinajstić information content (AvgIpc) is 2.95. The Morgan fingerprint density at radius 2 is 2.10 bits per heavy atom. The molecule has 0 radical (unpaired) electrons. The predicted octanol–water partition coefficient (Wildman–Crippen LogP) is 2.54. The summed E-state index contributed by atoms with van der Waals surface area (Å²) in [7, 11) is 0. The van der Waals surface area contributed by atoms with Crippen LogP contribution in [0.3, 0.4) is 0 Å². The van der Waals surface area contributed by atoms with Gasteiger partial charge in [0.15, 0.2) is 0 Å². The third kappa shape index (κ3) is 3.61. The molecule has 1 heterocycles. The number of aromatic nitrogens is 2. The zero-order chi connectivity index (χ0) is 14.5. The van der Waals surface area contributed by atoms with Gasteiger partial charge in [0.1, 0.15) is 0 Å². The minimum Gasteiger partial charge on any atom is -0.407 e. The van der Waals surface area contributed by atoms with E-state index < -0.39 is 0 Å². The summed E-state index contributed by atoms with van der Waals surface area (Å²) in [6.45, 7) is 3.73. The highest BCUT2D eigenvalue weighted by molar-refractivity contribution is 5.33. The van der Waals surface area contributed by atoms with Crippen LogP contribution in [0.15, 0.2) is 28.7 Å². The Labute approximate surface area is 125 Å². The lowest BCUT2D eigenvalue weighted by molar-refractivity contribution is 0.468. The normalized spacial score (nSPS) is 17.5. The highest BCUT2D eigenvalue weighted by atomic mass is 16.4. The van der Waals surface area contributed by atoms with Gasteiger partial charge in [-0.3, -0.25) is 0 Å². The minimum atomic E-state index is 0.372. The van der Waals surface area contributed by atoms with E-state index in [9.17, 15) is 0 Å². The van der Waals surface area contributed by atoms with Crippen LogP contribution < -0.4 is 10.6 Å². The Morgan fingerprint density at radius 3 is 2.95 bits per heavy atom. The molecule has 21 heavy (non-hydrogen) atoms. The van der Waals surface area contributed by atoms with Crippen molar-refractivity contribution < 1.29 is 4.42 Å². The summed E-state index contributed by atoms with van der Waals surface area (Å²) in [5.41, 5.74) is 2.89. The smallest absolute Gasteiger partial charge is 0.315 e. The number of rotatable bonds is 6. The highest BCUT2D eigenvalue weighted by Crippen LogP contribution is 2.23. The molecule has 5 heteroatoms.